The van der Waals surface area contributed by atoms with Crippen molar-refractivity contribution in [1.29, 1.82) is 0 Å². The van der Waals surface area contributed by atoms with Crippen LogP contribution in [0.25, 0.3) is 0 Å². The van der Waals surface area contributed by atoms with E-state index in [1.54, 1.807) is 49.2 Å². The lowest BCUT2D eigenvalue weighted by molar-refractivity contribution is -0.113. The summed E-state index contributed by atoms with van der Waals surface area (Å²) in [4.78, 5) is 17.5. The Balaban J connectivity index is 1.77. The van der Waals surface area contributed by atoms with Crippen molar-refractivity contribution in [2.24, 2.45) is 0 Å². The van der Waals surface area contributed by atoms with Crippen LogP contribution < -0.4 is 20.1 Å². The summed E-state index contributed by atoms with van der Waals surface area (Å²) in [6, 6.07) is 12.0. The van der Waals surface area contributed by atoms with Crippen molar-refractivity contribution in [3.63, 3.8) is 0 Å². The number of benzene rings is 2. The molecule has 0 spiro atoms. The Bertz CT molecular complexity index is 1120. The van der Waals surface area contributed by atoms with Gasteiger partial charge in [-0.2, -0.15) is 10.1 Å². The number of halogens is 1. The molecule has 1 aliphatic heterocycles. The number of hydrogen-bond donors (Lipinski definition) is 2. The van der Waals surface area contributed by atoms with Crippen LogP contribution in [0.5, 0.6) is 11.5 Å². The molecule has 2 heterocycles. The molecule has 9 heteroatoms. The number of allylic oxidation sites excluding steroid dienone is 1. The summed E-state index contributed by atoms with van der Waals surface area (Å²) >= 11 is 5.95. The summed E-state index contributed by atoms with van der Waals surface area (Å²) in [7, 11) is 3.15. The number of carbonyl (C=O) groups excluding carboxylic acids is 1. The van der Waals surface area contributed by atoms with Crippen molar-refractivity contribution in [3.05, 3.63) is 70.6 Å². The lowest BCUT2D eigenvalue weighted by Gasteiger charge is -2.29. The Labute approximate surface area is 178 Å². The zero-order valence-electron chi connectivity index (χ0n) is 16.6. The average molecular weight is 426 g/mol. The monoisotopic (exact) mass is 425 g/mol. The summed E-state index contributed by atoms with van der Waals surface area (Å²) in [5.41, 5.74) is 2.64. The largest absolute Gasteiger partial charge is 0.493 e. The van der Waals surface area contributed by atoms with E-state index in [1.807, 2.05) is 19.1 Å². The van der Waals surface area contributed by atoms with Crippen LogP contribution >= 0.6 is 11.6 Å². The van der Waals surface area contributed by atoms with Gasteiger partial charge in [-0.1, -0.05) is 17.7 Å². The van der Waals surface area contributed by atoms with Crippen molar-refractivity contribution >= 4 is 29.1 Å². The van der Waals surface area contributed by atoms with Gasteiger partial charge in [-0.15, -0.1) is 0 Å². The number of nitrogens with one attached hydrogen (secondary N) is 2. The molecule has 1 atom stereocenters. The Morgan fingerprint density at radius 2 is 1.87 bits per heavy atom. The van der Waals surface area contributed by atoms with Crippen molar-refractivity contribution in [2.45, 2.75) is 13.0 Å². The van der Waals surface area contributed by atoms with Gasteiger partial charge in [-0.05, 0) is 48.9 Å². The number of nitrogens with zero attached hydrogens (tertiary/aromatic N) is 3. The van der Waals surface area contributed by atoms with Gasteiger partial charge in [0.15, 0.2) is 11.5 Å². The standard InChI is InChI=1S/C21H20ClN5O3/c1-12-18(20(28)26-15-7-5-14(22)6-8-15)19(27-21(25-12)23-11-24-27)13-4-9-16(29-2)17(10-13)30-3/h4-11,19H,1-3H3,(H,26,28)(H,23,24,25)/t19-/m0/s1. The van der Waals surface area contributed by atoms with Crippen LogP contribution in [0.2, 0.25) is 5.02 Å². The van der Waals surface area contributed by atoms with Crippen LogP contribution in [0.4, 0.5) is 11.6 Å². The van der Waals surface area contributed by atoms with E-state index in [9.17, 15) is 4.79 Å². The molecule has 0 saturated heterocycles. The number of hydrogen-bond acceptors (Lipinski definition) is 6. The van der Waals surface area contributed by atoms with Crippen LogP contribution in [0.15, 0.2) is 60.1 Å². The van der Waals surface area contributed by atoms with Crippen LogP contribution in [0, 0.1) is 0 Å². The first-order valence-corrected chi connectivity index (χ1v) is 9.55. The molecule has 0 saturated carbocycles. The minimum Gasteiger partial charge on any atom is -0.493 e. The molecular formula is C21H20ClN5O3. The lowest BCUT2D eigenvalue weighted by Crippen LogP contribution is -2.31. The molecule has 0 bridgehead atoms. The molecule has 0 radical (unpaired) electrons. The summed E-state index contributed by atoms with van der Waals surface area (Å²) in [5.74, 6) is 1.45. The maximum atomic E-state index is 13.3. The highest BCUT2D eigenvalue weighted by molar-refractivity contribution is 6.30. The van der Waals surface area contributed by atoms with E-state index in [4.69, 9.17) is 21.1 Å². The van der Waals surface area contributed by atoms with Gasteiger partial charge >= 0.3 is 0 Å². The van der Waals surface area contributed by atoms with Gasteiger partial charge in [0.1, 0.15) is 12.4 Å². The fourth-order valence-electron chi connectivity index (χ4n) is 3.45. The summed E-state index contributed by atoms with van der Waals surface area (Å²) in [5, 5.41) is 11.0. The number of fused-ring (bicyclic) bond motifs is 1. The number of methoxy groups -OCH3 is 2. The SMILES string of the molecule is COc1ccc([C@H]2C(C(=O)Nc3ccc(Cl)cc3)=C(C)Nc3ncnn32)cc1OC. The number of aromatic nitrogens is 3. The highest BCUT2D eigenvalue weighted by Crippen LogP contribution is 2.38. The second-order valence-electron chi connectivity index (χ2n) is 6.67. The van der Waals surface area contributed by atoms with E-state index in [-0.39, 0.29) is 5.91 Å². The quantitative estimate of drug-likeness (QED) is 0.644. The minimum absolute atomic E-state index is 0.261. The molecule has 1 aliphatic rings. The van der Waals surface area contributed by atoms with Gasteiger partial charge in [0.2, 0.25) is 5.95 Å². The van der Waals surface area contributed by atoms with E-state index in [1.165, 1.54) is 6.33 Å². The van der Waals surface area contributed by atoms with Crippen LogP contribution in [0.3, 0.4) is 0 Å². The molecule has 0 aliphatic carbocycles. The van der Waals surface area contributed by atoms with Gasteiger partial charge in [0.25, 0.3) is 5.91 Å². The second-order valence-corrected chi connectivity index (χ2v) is 7.11. The van der Waals surface area contributed by atoms with Crippen LogP contribution in [0.1, 0.15) is 18.5 Å². The first-order chi connectivity index (χ1) is 14.5. The predicted molar refractivity (Wildman–Crippen MR) is 114 cm³/mol. The average Bonchev–Trinajstić information content (AvgIpc) is 3.21. The Kier molecular flexibility index (Phi) is 5.33. The Morgan fingerprint density at radius 1 is 1.13 bits per heavy atom. The fraction of sp³-hybridized carbons (Fsp3) is 0.190. The molecule has 0 unspecified atom stereocenters. The van der Waals surface area contributed by atoms with E-state index >= 15 is 0 Å². The topological polar surface area (TPSA) is 90.3 Å². The summed E-state index contributed by atoms with van der Waals surface area (Å²) in [6.45, 7) is 1.84. The normalized spacial score (nSPS) is 15.3. The van der Waals surface area contributed by atoms with Crippen LogP contribution in [-0.4, -0.2) is 34.9 Å². The maximum Gasteiger partial charge on any atom is 0.255 e. The lowest BCUT2D eigenvalue weighted by atomic mass is 9.94. The van der Waals surface area contributed by atoms with E-state index in [0.717, 1.165) is 5.56 Å². The molecule has 2 aromatic carbocycles. The number of amides is 1. The van der Waals surface area contributed by atoms with Crippen molar-refractivity contribution in [1.82, 2.24) is 14.8 Å². The third-order valence-corrected chi connectivity index (χ3v) is 5.12. The van der Waals surface area contributed by atoms with Gasteiger partial charge < -0.3 is 20.1 Å². The molecule has 154 valence electrons. The predicted octanol–water partition coefficient (Wildman–Crippen LogP) is 3.88. The number of ether oxygens (including phenoxy) is 2. The van der Waals surface area contributed by atoms with E-state index in [2.05, 4.69) is 20.7 Å². The van der Waals surface area contributed by atoms with Gasteiger partial charge in [0.05, 0.1) is 19.8 Å². The van der Waals surface area contributed by atoms with Gasteiger partial charge in [0, 0.05) is 16.4 Å². The maximum absolute atomic E-state index is 13.3. The van der Waals surface area contributed by atoms with Crippen molar-refractivity contribution < 1.29 is 14.3 Å². The van der Waals surface area contributed by atoms with E-state index < -0.39 is 6.04 Å². The first kappa shape index (κ1) is 19.8. The number of rotatable bonds is 5. The van der Waals surface area contributed by atoms with Crippen molar-refractivity contribution in [3.8, 4) is 11.5 Å². The first-order valence-electron chi connectivity index (χ1n) is 9.18. The zero-order valence-corrected chi connectivity index (χ0v) is 17.4. The summed E-state index contributed by atoms with van der Waals surface area (Å²) in [6.07, 6.45) is 1.45. The molecule has 8 nitrogen and oxygen atoms in total. The second kappa shape index (κ2) is 8.08. The van der Waals surface area contributed by atoms with Gasteiger partial charge in [-0.25, -0.2) is 4.68 Å². The van der Waals surface area contributed by atoms with Crippen molar-refractivity contribution in [2.75, 3.05) is 24.9 Å². The fourth-order valence-corrected chi connectivity index (χ4v) is 3.57. The van der Waals surface area contributed by atoms with Crippen LogP contribution in [-0.2, 0) is 4.79 Å². The third-order valence-electron chi connectivity index (χ3n) is 4.86. The Hall–Kier alpha value is -3.52. The molecule has 2 N–H and O–H groups in total. The smallest absolute Gasteiger partial charge is 0.255 e. The number of carbonyl (C=O) groups is 1. The molecule has 0 fully saturated rings. The highest BCUT2D eigenvalue weighted by atomic mass is 35.5. The molecule has 30 heavy (non-hydrogen) atoms. The zero-order chi connectivity index (χ0) is 21.3. The third kappa shape index (κ3) is 3.57. The minimum atomic E-state index is -0.504. The molecule has 1 aromatic heterocycles. The molecule has 3 aromatic rings. The molecular weight excluding hydrogens is 406 g/mol. The Morgan fingerprint density at radius 3 is 2.57 bits per heavy atom. The molecule has 4 rings (SSSR count). The highest BCUT2D eigenvalue weighted by Gasteiger charge is 2.34. The molecule has 1 amide bonds. The van der Waals surface area contributed by atoms with E-state index in [0.29, 0.717) is 39.4 Å². The number of anilines is 2. The van der Waals surface area contributed by atoms with Gasteiger partial charge in [-0.3, -0.25) is 4.79 Å². The summed E-state index contributed by atoms with van der Waals surface area (Å²) < 4.78 is 12.5.